The summed E-state index contributed by atoms with van der Waals surface area (Å²) in [5, 5.41) is 2.88. The van der Waals surface area contributed by atoms with Gasteiger partial charge in [-0.25, -0.2) is 0 Å². The zero-order valence-electron chi connectivity index (χ0n) is 15.5. The molecule has 0 saturated carbocycles. The van der Waals surface area contributed by atoms with E-state index in [9.17, 15) is 4.79 Å². The Morgan fingerprint density at radius 2 is 1.87 bits per heavy atom. The van der Waals surface area contributed by atoms with E-state index < -0.39 is 0 Å². The number of aryl methyl sites for hydroxylation is 1. The van der Waals surface area contributed by atoms with Gasteiger partial charge in [-0.2, -0.15) is 0 Å². The highest BCUT2D eigenvalue weighted by molar-refractivity contribution is 5.77. The second kappa shape index (κ2) is 8.92. The van der Waals surface area contributed by atoms with Crippen LogP contribution in [-0.2, 0) is 17.6 Å². The van der Waals surface area contributed by atoms with E-state index in [-0.39, 0.29) is 17.9 Å². The summed E-state index contributed by atoms with van der Waals surface area (Å²) in [5.74, 6) is 0.812. The first-order valence-electron chi connectivity index (χ1n) is 8.38. The smallest absolute Gasteiger partial charge is 0.257 e. The molecule has 4 nitrogen and oxygen atoms in total. The lowest BCUT2D eigenvalue weighted by Crippen LogP contribution is -2.34. The van der Waals surface area contributed by atoms with Gasteiger partial charge in [-0.15, -0.1) is 0 Å². The number of carbonyl (C=O) groups is 1. The standard InChI is InChI=1S/C19H32N2O2/c1-7-15-9-8-10-16(13-19(2,3)4)18(15)23-14-17(22)20-11-12-21(5)6/h8-10H,7,11-14H2,1-6H3,(H,20,22). The molecule has 23 heavy (non-hydrogen) atoms. The fraction of sp³-hybridized carbons (Fsp3) is 0.632. The molecule has 1 amide bonds. The second-order valence-electron chi connectivity index (χ2n) is 7.44. The molecule has 1 rings (SSSR count). The molecule has 0 bridgehead atoms. The average molecular weight is 320 g/mol. The van der Waals surface area contributed by atoms with Crippen LogP contribution < -0.4 is 10.1 Å². The number of hydrogen-bond donors (Lipinski definition) is 1. The van der Waals surface area contributed by atoms with Crippen molar-refractivity contribution in [2.24, 2.45) is 5.41 Å². The van der Waals surface area contributed by atoms with Gasteiger partial charge in [0.1, 0.15) is 5.75 Å². The maximum Gasteiger partial charge on any atom is 0.257 e. The third-order valence-electron chi connectivity index (χ3n) is 3.51. The maximum atomic E-state index is 11.9. The van der Waals surface area contributed by atoms with Crippen molar-refractivity contribution in [3.63, 3.8) is 0 Å². The van der Waals surface area contributed by atoms with Gasteiger partial charge in [0, 0.05) is 13.1 Å². The van der Waals surface area contributed by atoms with Gasteiger partial charge in [-0.3, -0.25) is 4.79 Å². The van der Waals surface area contributed by atoms with Gasteiger partial charge in [0.25, 0.3) is 5.91 Å². The highest BCUT2D eigenvalue weighted by atomic mass is 16.5. The van der Waals surface area contributed by atoms with Gasteiger partial charge in [0.2, 0.25) is 0 Å². The molecule has 0 aromatic heterocycles. The summed E-state index contributed by atoms with van der Waals surface area (Å²) in [5.41, 5.74) is 2.52. The predicted octanol–water partition coefficient (Wildman–Crippen LogP) is 2.89. The van der Waals surface area contributed by atoms with Crippen LogP contribution in [-0.4, -0.2) is 44.6 Å². The van der Waals surface area contributed by atoms with Crippen molar-refractivity contribution < 1.29 is 9.53 Å². The third kappa shape index (κ3) is 7.51. The Balaban J connectivity index is 2.72. The van der Waals surface area contributed by atoms with Crippen LogP contribution in [0.1, 0.15) is 38.8 Å². The first kappa shape index (κ1) is 19.5. The number of likely N-dealkylation sites (N-methyl/N-ethyl adjacent to an activating group) is 1. The van der Waals surface area contributed by atoms with Gasteiger partial charge >= 0.3 is 0 Å². The first-order valence-corrected chi connectivity index (χ1v) is 8.38. The number of ether oxygens (including phenoxy) is 1. The van der Waals surface area contributed by atoms with Crippen molar-refractivity contribution >= 4 is 5.91 Å². The Labute approximate surface area is 141 Å². The molecule has 1 aromatic carbocycles. The Morgan fingerprint density at radius 3 is 2.43 bits per heavy atom. The van der Waals surface area contributed by atoms with Crippen LogP contribution in [0.2, 0.25) is 0 Å². The number of hydrogen-bond acceptors (Lipinski definition) is 3. The minimum absolute atomic E-state index is 0.0699. The summed E-state index contributed by atoms with van der Waals surface area (Å²) in [4.78, 5) is 14.0. The molecule has 0 heterocycles. The van der Waals surface area contributed by atoms with Crippen molar-refractivity contribution in [1.82, 2.24) is 10.2 Å². The molecule has 0 saturated heterocycles. The van der Waals surface area contributed by atoms with Crippen molar-refractivity contribution in [2.45, 2.75) is 40.5 Å². The van der Waals surface area contributed by atoms with E-state index in [0.717, 1.165) is 30.7 Å². The van der Waals surface area contributed by atoms with E-state index in [0.29, 0.717) is 6.54 Å². The van der Waals surface area contributed by atoms with Gasteiger partial charge in [0.05, 0.1) is 0 Å². The molecule has 4 heteroatoms. The second-order valence-corrected chi connectivity index (χ2v) is 7.44. The lowest BCUT2D eigenvalue weighted by atomic mass is 9.87. The molecule has 0 aliphatic heterocycles. The molecular weight excluding hydrogens is 288 g/mol. The fourth-order valence-electron chi connectivity index (χ4n) is 2.42. The first-order chi connectivity index (χ1) is 10.7. The Bertz CT molecular complexity index is 505. The van der Waals surface area contributed by atoms with Crippen molar-refractivity contribution in [2.75, 3.05) is 33.8 Å². The van der Waals surface area contributed by atoms with Gasteiger partial charge in [-0.05, 0) is 43.5 Å². The van der Waals surface area contributed by atoms with E-state index in [1.807, 2.05) is 19.0 Å². The van der Waals surface area contributed by atoms with Gasteiger partial charge < -0.3 is 15.0 Å². The molecule has 130 valence electrons. The minimum Gasteiger partial charge on any atom is -0.483 e. The summed E-state index contributed by atoms with van der Waals surface area (Å²) in [6.07, 6.45) is 1.83. The monoisotopic (exact) mass is 320 g/mol. The number of amides is 1. The third-order valence-corrected chi connectivity index (χ3v) is 3.51. The van der Waals surface area contributed by atoms with Crippen LogP contribution in [0.5, 0.6) is 5.75 Å². The molecule has 0 atom stereocenters. The number of para-hydroxylation sites is 1. The molecular formula is C19H32N2O2. The average Bonchev–Trinajstić information content (AvgIpc) is 2.43. The van der Waals surface area contributed by atoms with Crippen LogP contribution in [0.25, 0.3) is 0 Å². The van der Waals surface area contributed by atoms with E-state index >= 15 is 0 Å². The largest absolute Gasteiger partial charge is 0.483 e. The normalized spacial score (nSPS) is 11.6. The Morgan fingerprint density at radius 1 is 1.22 bits per heavy atom. The highest BCUT2D eigenvalue weighted by Gasteiger charge is 2.17. The Kier molecular flexibility index (Phi) is 7.56. The topological polar surface area (TPSA) is 41.6 Å². The van der Waals surface area contributed by atoms with Crippen molar-refractivity contribution in [1.29, 1.82) is 0 Å². The fourth-order valence-corrected chi connectivity index (χ4v) is 2.42. The minimum atomic E-state index is -0.0699. The Hall–Kier alpha value is -1.55. The van der Waals surface area contributed by atoms with Crippen molar-refractivity contribution in [3.05, 3.63) is 29.3 Å². The summed E-state index contributed by atoms with van der Waals surface area (Å²) in [7, 11) is 3.97. The van der Waals surface area contributed by atoms with Gasteiger partial charge in [-0.1, -0.05) is 45.9 Å². The lowest BCUT2D eigenvalue weighted by Gasteiger charge is -2.22. The zero-order valence-corrected chi connectivity index (χ0v) is 15.5. The molecule has 0 unspecified atom stereocenters. The molecule has 0 radical (unpaired) electrons. The summed E-state index contributed by atoms with van der Waals surface area (Å²) < 4.78 is 5.90. The van der Waals surface area contributed by atoms with Crippen LogP contribution >= 0.6 is 0 Å². The highest BCUT2D eigenvalue weighted by Crippen LogP contribution is 2.30. The molecule has 0 aliphatic carbocycles. The summed E-state index contributed by atoms with van der Waals surface area (Å²) in [6.45, 7) is 10.3. The molecule has 0 fully saturated rings. The summed E-state index contributed by atoms with van der Waals surface area (Å²) in [6, 6.07) is 6.25. The lowest BCUT2D eigenvalue weighted by molar-refractivity contribution is -0.123. The van der Waals surface area contributed by atoms with Gasteiger partial charge in [0.15, 0.2) is 6.61 Å². The molecule has 0 aliphatic rings. The zero-order chi connectivity index (χ0) is 17.5. The summed E-state index contributed by atoms with van der Waals surface area (Å²) >= 11 is 0. The van der Waals surface area contributed by atoms with Crippen LogP contribution in [0, 0.1) is 5.41 Å². The maximum absolute atomic E-state index is 11.9. The van der Waals surface area contributed by atoms with E-state index in [4.69, 9.17) is 4.74 Å². The molecule has 1 N–H and O–H groups in total. The number of benzene rings is 1. The predicted molar refractivity (Wildman–Crippen MR) is 96.0 cm³/mol. The SMILES string of the molecule is CCc1cccc(CC(C)(C)C)c1OCC(=O)NCCN(C)C. The van der Waals surface area contributed by atoms with E-state index in [2.05, 4.69) is 51.2 Å². The number of rotatable bonds is 8. The quantitative estimate of drug-likeness (QED) is 0.801. The number of nitrogens with zero attached hydrogens (tertiary/aromatic N) is 1. The molecule has 0 spiro atoms. The van der Waals surface area contributed by atoms with Crippen molar-refractivity contribution in [3.8, 4) is 5.75 Å². The molecule has 1 aromatic rings. The van der Waals surface area contributed by atoms with Crippen LogP contribution in [0.4, 0.5) is 0 Å². The number of nitrogens with one attached hydrogen (secondary N) is 1. The van der Waals surface area contributed by atoms with Crippen LogP contribution in [0.3, 0.4) is 0 Å². The van der Waals surface area contributed by atoms with Crippen LogP contribution in [0.15, 0.2) is 18.2 Å². The number of carbonyl (C=O) groups excluding carboxylic acids is 1. The van der Waals surface area contributed by atoms with E-state index in [1.165, 1.54) is 5.56 Å². The van der Waals surface area contributed by atoms with E-state index in [1.54, 1.807) is 0 Å².